The van der Waals surface area contributed by atoms with Crippen molar-refractivity contribution < 1.29 is 13.9 Å². The van der Waals surface area contributed by atoms with Gasteiger partial charge in [0, 0.05) is 5.02 Å². The number of methoxy groups -OCH3 is 1. The lowest BCUT2D eigenvalue weighted by molar-refractivity contribution is -0.120. The minimum atomic E-state index is -0.339. The number of carbonyl (C=O) groups excluding carboxylic acids is 1. The van der Waals surface area contributed by atoms with Crippen molar-refractivity contribution in [1.29, 1.82) is 0 Å². The van der Waals surface area contributed by atoms with Crippen molar-refractivity contribution in [3.63, 3.8) is 0 Å². The standard InChI is InChI=1S/C16H19ClN2O3/c1-11(19(2)10-13-5-4-8-22-13)16(20)18-14-9-12(17)6-7-15(14)21-3/h4-9,11H,10H2,1-3H3,(H,18,20)/t11-/m1/s1. The third-order valence-corrected chi connectivity index (χ3v) is 3.68. The molecule has 1 aromatic heterocycles. The van der Waals surface area contributed by atoms with Gasteiger partial charge in [-0.05, 0) is 44.3 Å². The first-order valence-electron chi connectivity index (χ1n) is 6.88. The fourth-order valence-electron chi connectivity index (χ4n) is 2.00. The molecule has 0 saturated heterocycles. The van der Waals surface area contributed by atoms with Crippen molar-refractivity contribution >= 4 is 23.2 Å². The lowest BCUT2D eigenvalue weighted by Gasteiger charge is -2.23. The predicted molar refractivity (Wildman–Crippen MR) is 86.3 cm³/mol. The van der Waals surface area contributed by atoms with E-state index in [0.717, 1.165) is 5.76 Å². The van der Waals surface area contributed by atoms with E-state index in [0.29, 0.717) is 23.0 Å². The molecule has 1 atom stereocenters. The number of amides is 1. The summed E-state index contributed by atoms with van der Waals surface area (Å²) in [6, 6.07) is 8.45. The molecule has 0 aliphatic heterocycles. The van der Waals surface area contributed by atoms with Crippen LogP contribution in [0.5, 0.6) is 5.75 Å². The highest BCUT2D eigenvalue weighted by molar-refractivity contribution is 6.31. The zero-order valence-electron chi connectivity index (χ0n) is 12.8. The van der Waals surface area contributed by atoms with Gasteiger partial charge in [0.1, 0.15) is 11.5 Å². The molecule has 2 rings (SSSR count). The summed E-state index contributed by atoms with van der Waals surface area (Å²) in [4.78, 5) is 14.3. The molecule has 6 heteroatoms. The second-order valence-corrected chi connectivity index (χ2v) is 5.44. The molecule has 1 aromatic carbocycles. The molecule has 0 unspecified atom stereocenters. The summed E-state index contributed by atoms with van der Waals surface area (Å²) >= 11 is 5.96. The minimum Gasteiger partial charge on any atom is -0.495 e. The van der Waals surface area contributed by atoms with Gasteiger partial charge in [-0.3, -0.25) is 9.69 Å². The largest absolute Gasteiger partial charge is 0.495 e. The van der Waals surface area contributed by atoms with Crippen LogP contribution in [0.1, 0.15) is 12.7 Å². The van der Waals surface area contributed by atoms with E-state index in [-0.39, 0.29) is 11.9 Å². The van der Waals surface area contributed by atoms with Crippen molar-refractivity contribution in [1.82, 2.24) is 4.90 Å². The number of benzene rings is 1. The number of anilines is 1. The average Bonchev–Trinajstić information content (AvgIpc) is 2.99. The van der Waals surface area contributed by atoms with Crippen molar-refractivity contribution in [3.8, 4) is 5.75 Å². The number of rotatable bonds is 6. The summed E-state index contributed by atoms with van der Waals surface area (Å²) in [5, 5.41) is 3.38. The van der Waals surface area contributed by atoms with Crippen molar-refractivity contribution in [2.75, 3.05) is 19.5 Å². The average molecular weight is 323 g/mol. The van der Waals surface area contributed by atoms with Gasteiger partial charge < -0.3 is 14.5 Å². The van der Waals surface area contributed by atoms with Crippen molar-refractivity contribution in [3.05, 3.63) is 47.4 Å². The van der Waals surface area contributed by atoms with E-state index in [1.165, 1.54) is 0 Å². The second-order valence-electron chi connectivity index (χ2n) is 5.00. The number of ether oxygens (including phenoxy) is 1. The fraction of sp³-hybridized carbons (Fsp3) is 0.312. The Bertz CT molecular complexity index is 628. The SMILES string of the molecule is COc1ccc(Cl)cc1NC(=O)[C@@H](C)N(C)Cc1ccco1. The van der Waals surface area contributed by atoms with Crippen LogP contribution in [0.2, 0.25) is 5.02 Å². The van der Waals surface area contributed by atoms with E-state index in [2.05, 4.69) is 5.32 Å². The van der Waals surface area contributed by atoms with Crippen LogP contribution in [0.15, 0.2) is 41.0 Å². The van der Waals surface area contributed by atoms with Gasteiger partial charge in [-0.25, -0.2) is 0 Å². The lowest BCUT2D eigenvalue weighted by Crippen LogP contribution is -2.39. The van der Waals surface area contributed by atoms with Gasteiger partial charge in [0.15, 0.2) is 0 Å². The molecule has 0 fully saturated rings. The van der Waals surface area contributed by atoms with Crippen LogP contribution in [0.3, 0.4) is 0 Å². The van der Waals surface area contributed by atoms with Crippen LogP contribution in [-0.2, 0) is 11.3 Å². The highest BCUT2D eigenvalue weighted by atomic mass is 35.5. The summed E-state index contributed by atoms with van der Waals surface area (Å²) in [6.45, 7) is 2.38. The molecule has 1 N–H and O–H groups in total. The molecule has 0 aliphatic rings. The molecule has 1 heterocycles. The summed E-state index contributed by atoms with van der Waals surface area (Å²) in [7, 11) is 3.41. The number of halogens is 1. The Labute approximate surface area is 134 Å². The molecule has 0 aliphatic carbocycles. The second kappa shape index (κ2) is 7.33. The normalized spacial score (nSPS) is 12.2. The maximum absolute atomic E-state index is 12.4. The molecule has 0 spiro atoms. The zero-order chi connectivity index (χ0) is 16.1. The molecule has 22 heavy (non-hydrogen) atoms. The quantitative estimate of drug-likeness (QED) is 0.885. The Hall–Kier alpha value is -1.98. The van der Waals surface area contributed by atoms with Gasteiger partial charge in [-0.1, -0.05) is 11.6 Å². The van der Waals surface area contributed by atoms with Crippen LogP contribution < -0.4 is 10.1 Å². The highest BCUT2D eigenvalue weighted by Crippen LogP contribution is 2.27. The molecule has 2 aromatic rings. The number of hydrogen-bond donors (Lipinski definition) is 1. The Balaban J connectivity index is 2.03. The molecular formula is C16H19ClN2O3. The van der Waals surface area contributed by atoms with Gasteiger partial charge in [0.25, 0.3) is 0 Å². The predicted octanol–water partition coefficient (Wildman–Crippen LogP) is 3.40. The van der Waals surface area contributed by atoms with E-state index in [1.807, 2.05) is 31.0 Å². The maximum atomic E-state index is 12.4. The Morgan fingerprint density at radius 2 is 2.23 bits per heavy atom. The molecule has 5 nitrogen and oxygen atoms in total. The monoisotopic (exact) mass is 322 g/mol. The zero-order valence-corrected chi connectivity index (χ0v) is 13.6. The van der Waals surface area contributed by atoms with E-state index in [9.17, 15) is 4.79 Å². The van der Waals surface area contributed by atoms with Gasteiger partial charge >= 0.3 is 0 Å². The first-order valence-corrected chi connectivity index (χ1v) is 7.26. The maximum Gasteiger partial charge on any atom is 0.241 e. The van der Waals surface area contributed by atoms with E-state index >= 15 is 0 Å². The summed E-state index contributed by atoms with van der Waals surface area (Å²) < 4.78 is 10.5. The third kappa shape index (κ3) is 4.02. The Kier molecular flexibility index (Phi) is 5.46. The van der Waals surface area contributed by atoms with E-state index in [4.69, 9.17) is 20.8 Å². The van der Waals surface area contributed by atoms with Crippen molar-refractivity contribution in [2.24, 2.45) is 0 Å². The summed E-state index contributed by atoms with van der Waals surface area (Å²) in [5.41, 5.74) is 0.554. The Morgan fingerprint density at radius 1 is 1.45 bits per heavy atom. The molecule has 1 amide bonds. The number of likely N-dealkylation sites (N-methyl/N-ethyl adjacent to an activating group) is 1. The fourth-order valence-corrected chi connectivity index (χ4v) is 2.17. The number of hydrogen-bond acceptors (Lipinski definition) is 4. The van der Waals surface area contributed by atoms with E-state index < -0.39 is 0 Å². The van der Waals surface area contributed by atoms with Gasteiger partial charge in [-0.15, -0.1) is 0 Å². The van der Waals surface area contributed by atoms with Gasteiger partial charge in [-0.2, -0.15) is 0 Å². The smallest absolute Gasteiger partial charge is 0.241 e. The molecule has 118 valence electrons. The lowest BCUT2D eigenvalue weighted by atomic mass is 10.2. The number of nitrogens with zero attached hydrogens (tertiary/aromatic N) is 1. The summed E-state index contributed by atoms with van der Waals surface area (Å²) in [5.74, 6) is 1.23. The van der Waals surface area contributed by atoms with Crippen LogP contribution >= 0.6 is 11.6 Å². The van der Waals surface area contributed by atoms with Gasteiger partial charge in [0.05, 0.1) is 31.6 Å². The van der Waals surface area contributed by atoms with Crippen LogP contribution in [0, 0.1) is 0 Å². The van der Waals surface area contributed by atoms with Crippen LogP contribution in [0.25, 0.3) is 0 Å². The van der Waals surface area contributed by atoms with E-state index in [1.54, 1.807) is 31.6 Å². The highest BCUT2D eigenvalue weighted by Gasteiger charge is 2.20. The first-order chi connectivity index (χ1) is 10.5. The Morgan fingerprint density at radius 3 is 2.86 bits per heavy atom. The molecule has 0 radical (unpaired) electrons. The van der Waals surface area contributed by atoms with Crippen molar-refractivity contribution in [2.45, 2.75) is 19.5 Å². The third-order valence-electron chi connectivity index (χ3n) is 3.45. The van der Waals surface area contributed by atoms with Gasteiger partial charge in [0.2, 0.25) is 5.91 Å². The first kappa shape index (κ1) is 16.4. The van der Waals surface area contributed by atoms with Crippen LogP contribution in [0.4, 0.5) is 5.69 Å². The minimum absolute atomic E-state index is 0.144. The number of nitrogens with one attached hydrogen (secondary N) is 1. The topological polar surface area (TPSA) is 54.7 Å². The molecule has 0 saturated carbocycles. The summed E-state index contributed by atoms with van der Waals surface area (Å²) in [6.07, 6.45) is 1.62. The number of furan rings is 1. The molecular weight excluding hydrogens is 304 g/mol. The number of carbonyl (C=O) groups is 1. The molecule has 0 bridgehead atoms. The van der Waals surface area contributed by atoms with Crippen LogP contribution in [-0.4, -0.2) is 31.0 Å².